The van der Waals surface area contributed by atoms with Gasteiger partial charge in [-0.2, -0.15) is 0 Å². The second-order valence-electron chi connectivity index (χ2n) is 4.71. The molecule has 1 atom stereocenters. The number of halogens is 4. The van der Waals surface area contributed by atoms with Gasteiger partial charge in [0.15, 0.2) is 0 Å². The maximum absolute atomic E-state index is 6.76. The highest BCUT2D eigenvalue weighted by atomic mass is 127. The minimum Gasteiger partial charge on any atom is -0.113 e. The molecule has 3 rings (SSSR count). The number of hydrogen-bond acceptors (Lipinski definition) is 0. The summed E-state index contributed by atoms with van der Waals surface area (Å²) in [6, 6.07) is 18.2. The maximum Gasteiger partial charge on any atom is 0.0852 e. The molecule has 3 aromatic carbocycles. The maximum atomic E-state index is 6.76. The van der Waals surface area contributed by atoms with Crippen LogP contribution in [0, 0.1) is 3.57 Å². The molecule has 0 spiro atoms. The lowest BCUT2D eigenvalue weighted by Crippen LogP contribution is -1.98. The lowest BCUT2D eigenvalue weighted by molar-refractivity contribution is 1.14. The van der Waals surface area contributed by atoms with E-state index in [2.05, 4.69) is 56.7 Å². The van der Waals surface area contributed by atoms with Gasteiger partial charge in [-0.25, -0.2) is 0 Å². The number of fused-ring (bicyclic) bond motifs is 1. The quantitative estimate of drug-likeness (QED) is 0.263. The minimum atomic E-state index is -0.228. The van der Waals surface area contributed by atoms with E-state index < -0.39 is 0 Å². The minimum absolute atomic E-state index is 0.228. The zero-order valence-electron chi connectivity index (χ0n) is 10.8. The molecule has 0 aliphatic rings. The van der Waals surface area contributed by atoms with Crippen molar-refractivity contribution in [3.63, 3.8) is 0 Å². The van der Waals surface area contributed by atoms with Crippen molar-refractivity contribution in [2.24, 2.45) is 0 Å². The molecular formula is C17H10BrCl2I. The molecule has 0 saturated carbocycles. The number of rotatable bonds is 2. The molecule has 4 heteroatoms. The summed E-state index contributed by atoms with van der Waals surface area (Å²) < 4.78 is 2.19. The zero-order valence-corrected chi connectivity index (χ0v) is 16.0. The second-order valence-corrected chi connectivity index (χ2v) is 7.60. The highest BCUT2D eigenvalue weighted by molar-refractivity contribution is 14.1. The Balaban J connectivity index is 2.20. The first kappa shape index (κ1) is 15.6. The molecule has 0 saturated heterocycles. The van der Waals surface area contributed by atoms with Gasteiger partial charge in [-0.05, 0) is 68.8 Å². The van der Waals surface area contributed by atoms with Gasteiger partial charge < -0.3 is 0 Å². The van der Waals surface area contributed by atoms with Gasteiger partial charge in [0, 0.05) is 13.1 Å². The molecule has 0 fully saturated rings. The molecule has 0 bridgehead atoms. The van der Waals surface area contributed by atoms with Crippen LogP contribution < -0.4 is 0 Å². The van der Waals surface area contributed by atoms with Crippen LogP contribution in [0.4, 0.5) is 0 Å². The molecule has 3 aromatic rings. The van der Waals surface area contributed by atoms with Crippen LogP contribution in [0.25, 0.3) is 10.8 Å². The SMILES string of the molecule is Clc1ccc(I)c(C(Cl)c2ccc(Br)c3ccccc23)c1. The van der Waals surface area contributed by atoms with Crippen molar-refractivity contribution in [3.8, 4) is 0 Å². The molecule has 0 aliphatic carbocycles. The molecule has 106 valence electrons. The predicted octanol–water partition coefficient (Wildman–Crippen LogP) is 7.19. The van der Waals surface area contributed by atoms with Crippen LogP contribution in [0.2, 0.25) is 5.02 Å². The molecule has 0 nitrogen and oxygen atoms in total. The number of alkyl halides is 1. The van der Waals surface area contributed by atoms with E-state index in [0.29, 0.717) is 5.02 Å². The first-order valence-corrected chi connectivity index (χ1v) is 9.02. The number of benzene rings is 3. The van der Waals surface area contributed by atoms with Gasteiger partial charge in [0.1, 0.15) is 0 Å². The van der Waals surface area contributed by atoms with Crippen LogP contribution >= 0.6 is 61.7 Å². The summed E-state index contributed by atoms with van der Waals surface area (Å²) in [4.78, 5) is 0. The van der Waals surface area contributed by atoms with Crippen molar-refractivity contribution in [1.29, 1.82) is 0 Å². The molecule has 0 heterocycles. The fraction of sp³-hybridized carbons (Fsp3) is 0.0588. The van der Waals surface area contributed by atoms with Crippen molar-refractivity contribution >= 4 is 72.5 Å². The van der Waals surface area contributed by atoms with Crippen LogP contribution in [-0.4, -0.2) is 0 Å². The molecule has 0 radical (unpaired) electrons. The Morgan fingerprint density at radius 2 is 1.62 bits per heavy atom. The summed E-state index contributed by atoms with van der Waals surface area (Å²) in [6.45, 7) is 0. The van der Waals surface area contributed by atoms with Crippen LogP contribution in [0.1, 0.15) is 16.5 Å². The summed E-state index contributed by atoms with van der Waals surface area (Å²) in [5, 5.41) is 2.80. The summed E-state index contributed by atoms with van der Waals surface area (Å²) in [7, 11) is 0. The van der Waals surface area contributed by atoms with Crippen molar-refractivity contribution in [2.75, 3.05) is 0 Å². The molecule has 21 heavy (non-hydrogen) atoms. The molecular weight excluding hydrogens is 482 g/mol. The van der Waals surface area contributed by atoms with E-state index in [-0.39, 0.29) is 5.38 Å². The van der Waals surface area contributed by atoms with Crippen LogP contribution in [0.3, 0.4) is 0 Å². The van der Waals surface area contributed by atoms with Gasteiger partial charge in [-0.15, -0.1) is 11.6 Å². The van der Waals surface area contributed by atoms with Gasteiger partial charge in [0.05, 0.1) is 5.38 Å². The third-order valence-corrected chi connectivity index (χ3v) is 5.79. The topological polar surface area (TPSA) is 0 Å². The molecule has 0 amide bonds. The highest BCUT2D eigenvalue weighted by Gasteiger charge is 2.17. The Kier molecular flexibility index (Phi) is 4.79. The van der Waals surface area contributed by atoms with E-state index in [1.165, 1.54) is 0 Å². The van der Waals surface area contributed by atoms with Gasteiger partial charge in [-0.3, -0.25) is 0 Å². The Labute approximate surface area is 155 Å². The Hall–Kier alpha value is -0.290. The van der Waals surface area contributed by atoms with E-state index in [1.54, 1.807) is 0 Å². The van der Waals surface area contributed by atoms with E-state index >= 15 is 0 Å². The van der Waals surface area contributed by atoms with E-state index in [1.807, 2.05) is 36.4 Å². The summed E-state index contributed by atoms with van der Waals surface area (Å²) in [5.41, 5.74) is 2.13. The summed E-state index contributed by atoms with van der Waals surface area (Å²) >= 11 is 18.8. The Morgan fingerprint density at radius 3 is 2.38 bits per heavy atom. The molecule has 0 aliphatic heterocycles. The second kappa shape index (κ2) is 6.45. The van der Waals surface area contributed by atoms with Crippen LogP contribution in [0.5, 0.6) is 0 Å². The third kappa shape index (κ3) is 3.09. The Bertz CT molecular complexity index is 817. The first-order valence-electron chi connectivity index (χ1n) is 6.34. The van der Waals surface area contributed by atoms with Crippen molar-refractivity contribution in [2.45, 2.75) is 5.38 Å². The predicted molar refractivity (Wildman–Crippen MR) is 104 cm³/mol. The van der Waals surface area contributed by atoms with Gasteiger partial charge >= 0.3 is 0 Å². The normalized spacial score (nSPS) is 12.6. The average molecular weight is 492 g/mol. The van der Waals surface area contributed by atoms with Gasteiger partial charge in [0.2, 0.25) is 0 Å². The molecule has 1 unspecified atom stereocenters. The van der Waals surface area contributed by atoms with E-state index in [9.17, 15) is 0 Å². The van der Waals surface area contributed by atoms with Crippen molar-refractivity contribution in [3.05, 3.63) is 78.8 Å². The zero-order chi connectivity index (χ0) is 15.0. The standard InChI is InChI=1S/C17H10BrCl2I/c18-15-7-6-13(11-3-1-2-4-12(11)15)17(20)14-9-10(19)5-8-16(14)21/h1-9,17H. The average Bonchev–Trinajstić information content (AvgIpc) is 2.50. The molecule has 0 aromatic heterocycles. The summed E-state index contributed by atoms with van der Waals surface area (Å²) in [5.74, 6) is 0. The molecule has 0 N–H and O–H groups in total. The van der Waals surface area contributed by atoms with Crippen molar-refractivity contribution < 1.29 is 0 Å². The van der Waals surface area contributed by atoms with Crippen LogP contribution in [-0.2, 0) is 0 Å². The summed E-state index contributed by atoms with van der Waals surface area (Å²) in [6.07, 6.45) is 0. The van der Waals surface area contributed by atoms with E-state index in [0.717, 1.165) is 29.9 Å². The lowest BCUT2D eigenvalue weighted by Gasteiger charge is -2.16. The largest absolute Gasteiger partial charge is 0.113 e. The number of hydrogen-bond donors (Lipinski definition) is 0. The van der Waals surface area contributed by atoms with E-state index in [4.69, 9.17) is 23.2 Å². The highest BCUT2D eigenvalue weighted by Crippen LogP contribution is 2.38. The van der Waals surface area contributed by atoms with Crippen molar-refractivity contribution in [1.82, 2.24) is 0 Å². The smallest absolute Gasteiger partial charge is 0.0852 e. The lowest BCUT2D eigenvalue weighted by atomic mass is 9.98. The third-order valence-electron chi connectivity index (χ3n) is 3.41. The fourth-order valence-electron chi connectivity index (χ4n) is 2.38. The first-order chi connectivity index (χ1) is 10.1. The Morgan fingerprint density at radius 1 is 0.905 bits per heavy atom. The van der Waals surface area contributed by atoms with Crippen LogP contribution in [0.15, 0.2) is 59.1 Å². The monoisotopic (exact) mass is 490 g/mol. The van der Waals surface area contributed by atoms with Gasteiger partial charge in [0.25, 0.3) is 0 Å². The fourth-order valence-corrected chi connectivity index (χ4v) is 4.24. The van der Waals surface area contributed by atoms with Gasteiger partial charge in [-0.1, -0.05) is 57.9 Å².